The topological polar surface area (TPSA) is 76.1 Å². The van der Waals surface area contributed by atoms with Crippen molar-refractivity contribution in [3.63, 3.8) is 0 Å². The molecule has 33 heavy (non-hydrogen) atoms. The molecule has 1 aliphatic heterocycles. The smallest absolute Gasteiger partial charge is 0.410 e. The average Bonchev–Trinajstić information content (AvgIpc) is 2.83. The van der Waals surface area contributed by atoms with Crippen LogP contribution in [0.15, 0.2) is 72.8 Å². The summed E-state index contributed by atoms with van der Waals surface area (Å²) >= 11 is 0. The fourth-order valence-electron chi connectivity index (χ4n) is 3.98. The van der Waals surface area contributed by atoms with Gasteiger partial charge >= 0.3 is 12.1 Å². The summed E-state index contributed by atoms with van der Waals surface area (Å²) in [5.41, 5.74) is 3.06. The second-order valence-corrected chi connectivity index (χ2v) is 7.87. The minimum absolute atomic E-state index is 0.104. The van der Waals surface area contributed by atoms with Gasteiger partial charge in [-0.25, -0.2) is 14.0 Å². The number of rotatable bonds is 6. The molecule has 7 heteroatoms. The maximum atomic E-state index is 14.4. The zero-order valence-electron chi connectivity index (χ0n) is 18.1. The number of benzene rings is 3. The molecule has 0 aliphatic carbocycles. The van der Waals surface area contributed by atoms with Crippen LogP contribution in [0, 0.1) is 5.82 Å². The van der Waals surface area contributed by atoms with Gasteiger partial charge in [0, 0.05) is 12.1 Å². The van der Waals surface area contributed by atoms with E-state index in [1.54, 1.807) is 4.90 Å². The van der Waals surface area contributed by atoms with E-state index in [-0.39, 0.29) is 12.4 Å². The molecule has 170 valence electrons. The van der Waals surface area contributed by atoms with Gasteiger partial charge in [0.25, 0.3) is 0 Å². The van der Waals surface area contributed by atoms with E-state index >= 15 is 0 Å². The van der Waals surface area contributed by atoms with Crippen molar-refractivity contribution in [3.05, 3.63) is 101 Å². The van der Waals surface area contributed by atoms with E-state index in [9.17, 15) is 19.1 Å². The van der Waals surface area contributed by atoms with Gasteiger partial charge in [-0.3, -0.25) is 4.90 Å². The first-order valence-corrected chi connectivity index (χ1v) is 10.7. The van der Waals surface area contributed by atoms with Crippen LogP contribution in [0.5, 0.6) is 5.75 Å². The summed E-state index contributed by atoms with van der Waals surface area (Å²) in [6, 6.07) is 20.1. The zero-order chi connectivity index (χ0) is 23.4. The molecule has 0 saturated carbocycles. The van der Waals surface area contributed by atoms with Crippen molar-refractivity contribution in [2.45, 2.75) is 32.1 Å². The van der Waals surface area contributed by atoms with Crippen LogP contribution in [-0.4, -0.2) is 34.7 Å². The molecular formula is C26H24FNO5. The minimum Gasteiger partial charge on any atom is -0.479 e. The predicted molar refractivity (Wildman–Crippen MR) is 119 cm³/mol. The molecule has 0 radical (unpaired) electrons. The van der Waals surface area contributed by atoms with Gasteiger partial charge in [0.1, 0.15) is 18.2 Å². The average molecular weight is 449 g/mol. The van der Waals surface area contributed by atoms with Crippen LogP contribution in [-0.2, 0) is 22.6 Å². The molecule has 4 rings (SSSR count). The number of hydrogen-bond acceptors (Lipinski definition) is 4. The van der Waals surface area contributed by atoms with E-state index in [4.69, 9.17) is 9.47 Å². The van der Waals surface area contributed by atoms with Crippen LogP contribution < -0.4 is 4.74 Å². The molecule has 0 saturated heterocycles. The van der Waals surface area contributed by atoms with Crippen molar-refractivity contribution in [2.24, 2.45) is 0 Å². The van der Waals surface area contributed by atoms with Gasteiger partial charge in [0.05, 0.1) is 6.04 Å². The second kappa shape index (κ2) is 9.73. The molecule has 6 nitrogen and oxygen atoms in total. The number of ether oxygens (including phenoxy) is 2. The number of hydrogen-bond donors (Lipinski definition) is 1. The number of fused-ring (bicyclic) bond motifs is 1. The highest BCUT2D eigenvalue weighted by molar-refractivity contribution is 5.73. The van der Waals surface area contributed by atoms with E-state index in [2.05, 4.69) is 0 Å². The lowest BCUT2D eigenvalue weighted by Gasteiger charge is -2.37. The lowest BCUT2D eigenvalue weighted by molar-refractivity contribution is -0.144. The van der Waals surface area contributed by atoms with Crippen LogP contribution in [0.2, 0.25) is 0 Å². The highest BCUT2D eigenvalue weighted by Crippen LogP contribution is 2.40. The van der Waals surface area contributed by atoms with Crippen molar-refractivity contribution < 1.29 is 28.6 Å². The normalized spacial score (nSPS) is 15.9. The quantitative estimate of drug-likeness (QED) is 0.576. The van der Waals surface area contributed by atoms with E-state index in [0.717, 1.165) is 16.7 Å². The molecule has 1 N–H and O–H groups in total. The third-order valence-electron chi connectivity index (χ3n) is 5.64. The lowest BCUT2D eigenvalue weighted by atomic mass is 9.88. The van der Waals surface area contributed by atoms with Crippen molar-refractivity contribution in [1.29, 1.82) is 0 Å². The van der Waals surface area contributed by atoms with Crippen molar-refractivity contribution in [3.8, 4) is 5.75 Å². The number of halogens is 1. The highest BCUT2D eigenvalue weighted by Gasteiger charge is 2.35. The number of nitrogens with zero attached hydrogens (tertiary/aromatic N) is 1. The summed E-state index contributed by atoms with van der Waals surface area (Å²) in [5.74, 6) is -1.46. The molecular weight excluding hydrogens is 425 g/mol. The van der Waals surface area contributed by atoms with Gasteiger partial charge in [0.2, 0.25) is 0 Å². The molecule has 1 amide bonds. The Morgan fingerprint density at radius 3 is 2.55 bits per heavy atom. The third kappa shape index (κ3) is 4.98. The lowest BCUT2D eigenvalue weighted by Crippen LogP contribution is -2.41. The van der Waals surface area contributed by atoms with Crippen LogP contribution >= 0.6 is 0 Å². The van der Waals surface area contributed by atoms with E-state index in [0.29, 0.717) is 18.5 Å². The summed E-state index contributed by atoms with van der Waals surface area (Å²) in [6.07, 6.45) is -1.07. The number of aliphatic carboxylic acids is 1. The molecule has 1 heterocycles. The minimum atomic E-state index is -1.15. The largest absolute Gasteiger partial charge is 0.479 e. The van der Waals surface area contributed by atoms with Gasteiger partial charge in [-0.2, -0.15) is 0 Å². The molecule has 3 aromatic rings. The first-order chi connectivity index (χ1) is 15.9. The Kier molecular flexibility index (Phi) is 6.58. The SMILES string of the molecule is CC(Oc1ccc(F)cc1C1c2ccccc2CCN1C(=O)OCc1ccccc1)C(=O)O. The Morgan fingerprint density at radius 1 is 1.06 bits per heavy atom. The first kappa shape index (κ1) is 22.3. The maximum Gasteiger partial charge on any atom is 0.410 e. The van der Waals surface area contributed by atoms with Gasteiger partial charge in [-0.05, 0) is 48.2 Å². The van der Waals surface area contributed by atoms with E-state index < -0.39 is 30.0 Å². The van der Waals surface area contributed by atoms with Gasteiger partial charge in [0.15, 0.2) is 6.10 Å². The summed E-state index contributed by atoms with van der Waals surface area (Å²) in [4.78, 5) is 26.1. The number of amides is 1. The molecule has 0 spiro atoms. The van der Waals surface area contributed by atoms with Crippen LogP contribution in [0.4, 0.5) is 9.18 Å². The molecule has 0 fully saturated rings. The van der Waals surface area contributed by atoms with Gasteiger partial charge in [-0.1, -0.05) is 54.6 Å². The number of carboxylic acids is 1. The fourth-order valence-corrected chi connectivity index (χ4v) is 3.98. The maximum absolute atomic E-state index is 14.4. The van der Waals surface area contributed by atoms with Crippen LogP contribution in [0.3, 0.4) is 0 Å². The van der Waals surface area contributed by atoms with Crippen LogP contribution in [0.1, 0.15) is 35.2 Å². The number of carbonyl (C=O) groups excluding carboxylic acids is 1. The standard InChI is InChI=1S/C26H24FNO5/c1-17(25(29)30)33-23-12-11-20(27)15-22(23)24-21-10-6-5-9-19(21)13-14-28(24)26(31)32-16-18-7-3-2-4-8-18/h2-12,15,17,24H,13-14,16H2,1H3,(H,29,30). The Morgan fingerprint density at radius 2 is 1.79 bits per heavy atom. The second-order valence-electron chi connectivity index (χ2n) is 7.87. The molecule has 0 aromatic heterocycles. The Labute approximate surface area is 191 Å². The Bertz CT molecular complexity index is 1150. The highest BCUT2D eigenvalue weighted by atomic mass is 19.1. The zero-order valence-corrected chi connectivity index (χ0v) is 18.1. The van der Waals surface area contributed by atoms with E-state index in [1.165, 1.54) is 25.1 Å². The van der Waals surface area contributed by atoms with Crippen molar-refractivity contribution in [1.82, 2.24) is 4.90 Å². The third-order valence-corrected chi connectivity index (χ3v) is 5.64. The first-order valence-electron chi connectivity index (χ1n) is 10.7. The van der Waals surface area contributed by atoms with Gasteiger partial charge < -0.3 is 14.6 Å². The predicted octanol–water partition coefficient (Wildman–Crippen LogP) is 4.96. The van der Waals surface area contributed by atoms with Crippen molar-refractivity contribution in [2.75, 3.05) is 6.54 Å². The summed E-state index contributed by atoms with van der Waals surface area (Å²) < 4.78 is 25.6. The Balaban J connectivity index is 1.71. The monoisotopic (exact) mass is 449 g/mol. The summed E-state index contributed by atoms with van der Waals surface area (Å²) in [7, 11) is 0. The molecule has 0 bridgehead atoms. The fraction of sp³-hybridized carbons (Fsp3) is 0.231. The number of carboxylic acid groups (broad SMARTS) is 1. The number of carbonyl (C=O) groups is 2. The Hall–Kier alpha value is -3.87. The summed E-state index contributed by atoms with van der Waals surface area (Å²) in [6.45, 7) is 1.86. The van der Waals surface area contributed by atoms with Gasteiger partial charge in [-0.15, -0.1) is 0 Å². The molecule has 3 aromatic carbocycles. The van der Waals surface area contributed by atoms with Crippen molar-refractivity contribution >= 4 is 12.1 Å². The van der Waals surface area contributed by atoms with E-state index in [1.807, 2.05) is 54.6 Å². The molecule has 1 aliphatic rings. The molecule has 2 unspecified atom stereocenters. The summed E-state index contributed by atoms with van der Waals surface area (Å²) in [5, 5.41) is 9.29. The molecule has 2 atom stereocenters. The van der Waals surface area contributed by atoms with Crippen LogP contribution in [0.25, 0.3) is 0 Å².